The number of rotatable bonds is 7. The molecule has 0 radical (unpaired) electrons. The number of benzene rings is 2. The molecule has 0 saturated heterocycles. The van der Waals surface area contributed by atoms with Crippen LogP contribution in [0.2, 0.25) is 0 Å². The lowest BCUT2D eigenvalue weighted by Gasteiger charge is -2.10. The zero-order chi connectivity index (χ0) is 20.2. The molecule has 2 aromatic rings. The lowest BCUT2D eigenvalue weighted by Crippen LogP contribution is -2.14. The van der Waals surface area contributed by atoms with E-state index >= 15 is 0 Å². The molecule has 2 aromatic carbocycles. The Morgan fingerprint density at radius 1 is 1.15 bits per heavy atom. The van der Waals surface area contributed by atoms with Crippen LogP contribution < -0.4 is 9.46 Å². The molecule has 0 spiro atoms. The minimum atomic E-state index is -4.07. The summed E-state index contributed by atoms with van der Waals surface area (Å²) < 4.78 is 37.2. The van der Waals surface area contributed by atoms with Gasteiger partial charge in [-0.2, -0.15) is 0 Å². The number of nitrogens with zero attached hydrogens (tertiary/aromatic N) is 1. The summed E-state index contributed by atoms with van der Waals surface area (Å²) in [5, 5.41) is 11.1. The Hall–Kier alpha value is -3.14. The number of carbonyl (C=O) groups is 1. The lowest BCUT2D eigenvalue weighted by atomic mass is 10.2. The minimum Gasteiger partial charge on any atom is -0.490 e. The van der Waals surface area contributed by atoms with Gasteiger partial charge in [-0.3, -0.25) is 14.8 Å². The number of methoxy groups -OCH3 is 1. The van der Waals surface area contributed by atoms with Crippen molar-refractivity contribution in [3.63, 3.8) is 0 Å². The van der Waals surface area contributed by atoms with Gasteiger partial charge >= 0.3 is 11.7 Å². The van der Waals surface area contributed by atoms with Crippen LogP contribution in [-0.4, -0.2) is 32.5 Å². The first-order valence-electron chi connectivity index (χ1n) is 7.80. The summed E-state index contributed by atoms with van der Waals surface area (Å²) in [6, 6.07) is 8.94. The largest absolute Gasteiger partial charge is 0.490 e. The number of nitrogens with one attached hydrogen (secondary N) is 1. The summed E-state index contributed by atoms with van der Waals surface area (Å²) in [4.78, 5) is 21.8. The molecule has 0 saturated carbocycles. The van der Waals surface area contributed by atoms with Crippen LogP contribution >= 0.6 is 0 Å². The molecule has 0 aliphatic rings. The van der Waals surface area contributed by atoms with Crippen molar-refractivity contribution < 1.29 is 27.6 Å². The topological polar surface area (TPSA) is 125 Å². The zero-order valence-electron chi connectivity index (χ0n) is 14.8. The first-order chi connectivity index (χ1) is 12.6. The van der Waals surface area contributed by atoms with Gasteiger partial charge in [0.25, 0.3) is 10.0 Å². The second-order valence-electron chi connectivity index (χ2n) is 5.73. The van der Waals surface area contributed by atoms with Crippen LogP contribution in [0.5, 0.6) is 5.75 Å². The molecule has 0 heterocycles. The van der Waals surface area contributed by atoms with Crippen molar-refractivity contribution in [3.05, 3.63) is 58.1 Å². The Labute approximate surface area is 156 Å². The lowest BCUT2D eigenvalue weighted by molar-refractivity contribution is -0.386. The van der Waals surface area contributed by atoms with Crippen LogP contribution in [0.25, 0.3) is 0 Å². The Morgan fingerprint density at radius 2 is 1.78 bits per heavy atom. The SMILES string of the molecule is COc1ccc(S(=O)(=O)Nc2ccc(C(=O)OC(C)C)cc2)cc1[N+](=O)[O-]. The molecule has 0 aliphatic heterocycles. The molecule has 1 N–H and O–H groups in total. The highest BCUT2D eigenvalue weighted by molar-refractivity contribution is 7.92. The highest BCUT2D eigenvalue weighted by atomic mass is 32.2. The highest BCUT2D eigenvalue weighted by Gasteiger charge is 2.22. The van der Waals surface area contributed by atoms with Crippen molar-refractivity contribution in [1.29, 1.82) is 0 Å². The van der Waals surface area contributed by atoms with E-state index in [1.165, 1.54) is 43.5 Å². The van der Waals surface area contributed by atoms with Gasteiger partial charge in [0.05, 0.1) is 28.6 Å². The summed E-state index contributed by atoms with van der Waals surface area (Å²) in [6.45, 7) is 3.43. The molecular weight excluding hydrogens is 376 g/mol. The van der Waals surface area contributed by atoms with Gasteiger partial charge < -0.3 is 9.47 Å². The van der Waals surface area contributed by atoms with E-state index in [1.807, 2.05) is 0 Å². The maximum absolute atomic E-state index is 12.5. The quantitative estimate of drug-likeness (QED) is 0.435. The van der Waals surface area contributed by atoms with Gasteiger partial charge in [-0.25, -0.2) is 13.2 Å². The van der Waals surface area contributed by atoms with E-state index < -0.39 is 26.6 Å². The van der Waals surface area contributed by atoms with Crippen molar-refractivity contribution in [2.45, 2.75) is 24.8 Å². The summed E-state index contributed by atoms with van der Waals surface area (Å²) in [5.41, 5.74) is -0.00606. The predicted molar refractivity (Wildman–Crippen MR) is 97.5 cm³/mol. The molecule has 9 nitrogen and oxygen atoms in total. The molecule has 27 heavy (non-hydrogen) atoms. The maximum Gasteiger partial charge on any atom is 0.338 e. The number of carbonyl (C=O) groups excluding carboxylic acids is 1. The first-order valence-corrected chi connectivity index (χ1v) is 9.28. The van der Waals surface area contributed by atoms with Crippen molar-refractivity contribution in [3.8, 4) is 5.75 Å². The molecule has 0 fully saturated rings. The number of nitro benzene ring substituents is 1. The molecule has 10 heteroatoms. The molecule has 0 aliphatic carbocycles. The molecule has 0 unspecified atom stereocenters. The van der Waals surface area contributed by atoms with Gasteiger partial charge in [-0.05, 0) is 50.2 Å². The second kappa shape index (κ2) is 8.04. The van der Waals surface area contributed by atoms with Crippen molar-refractivity contribution in [2.24, 2.45) is 0 Å². The Morgan fingerprint density at radius 3 is 2.30 bits per heavy atom. The van der Waals surface area contributed by atoms with Gasteiger partial charge in [0.1, 0.15) is 0 Å². The monoisotopic (exact) mass is 394 g/mol. The normalized spacial score (nSPS) is 11.1. The van der Waals surface area contributed by atoms with E-state index in [-0.39, 0.29) is 28.0 Å². The number of hydrogen-bond acceptors (Lipinski definition) is 7. The van der Waals surface area contributed by atoms with Crippen LogP contribution in [0.15, 0.2) is 47.4 Å². The number of esters is 1. The predicted octanol–water partition coefficient (Wildman–Crippen LogP) is 2.97. The third kappa shape index (κ3) is 4.94. The summed E-state index contributed by atoms with van der Waals surface area (Å²) in [6.07, 6.45) is -0.276. The third-order valence-electron chi connectivity index (χ3n) is 3.37. The standard InChI is InChI=1S/C17H18N2O7S/c1-11(2)26-17(20)12-4-6-13(7-5-12)18-27(23,24)14-8-9-16(25-3)15(10-14)19(21)22/h4-11,18H,1-3H3. The van der Waals surface area contributed by atoms with Crippen LogP contribution in [0.4, 0.5) is 11.4 Å². The van der Waals surface area contributed by atoms with E-state index in [0.717, 1.165) is 6.07 Å². The average Bonchev–Trinajstić information content (AvgIpc) is 2.60. The van der Waals surface area contributed by atoms with Crippen molar-refractivity contribution in [1.82, 2.24) is 0 Å². The number of sulfonamides is 1. The van der Waals surface area contributed by atoms with Gasteiger partial charge in [0.15, 0.2) is 5.75 Å². The number of hydrogen-bond donors (Lipinski definition) is 1. The van der Waals surface area contributed by atoms with Gasteiger partial charge in [-0.15, -0.1) is 0 Å². The van der Waals surface area contributed by atoms with E-state index in [1.54, 1.807) is 13.8 Å². The van der Waals surface area contributed by atoms with Crippen molar-refractivity contribution in [2.75, 3.05) is 11.8 Å². The van der Waals surface area contributed by atoms with Crippen LogP contribution in [0.3, 0.4) is 0 Å². The van der Waals surface area contributed by atoms with E-state index in [0.29, 0.717) is 0 Å². The van der Waals surface area contributed by atoms with Crippen LogP contribution in [0, 0.1) is 10.1 Å². The Balaban J connectivity index is 2.25. The maximum atomic E-state index is 12.5. The van der Waals surface area contributed by atoms with Crippen LogP contribution in [-0.2, 0) is 14.8 Å². The zero-order valence-corrected chi connectivity index (χ0v) is 15.6. The minimum absolute atomic E-state index is 0.0491. The second-order valence-corrected chi connectivity index (χ2v) is 7.41. The highest BCUT2D eigenvalue weighted by Crippen LogP contribution is 2.30. The molecule has 0 aromatic heterocycles. The van der Waals surface area contributed by atoms with Gasteiger partial charge in [0.2, 0.25) is 0 Å². The van der Waals surface area contributed by atoms with Crippen molar-refractivity contribution >= 4 is 27.4 Å². The fraction of sp³-hybridized carbons (Fsp3) is 0.235. The number of ether oxygens (including phenoxy) is 2. The Bertz CT molecular complexity index is 954. The van der Waals surface area contributed by atoms with Gasteiger partial charge in [-0.1, -0.05) is 0 Å². The fourth-order valence-electron chi connectivity index (χ4n) is 2.15. The summed E-state index contributed by atoms with van der Waals surface area (Å²) in [7, 11) is -2.82. The fourth-order valence-corrected chi connectivity index (χ4v) is 3.23. The first kappa shape index (κ1) is 20.2. The molecule has 144 valence electrons. The Kier molecular flexibility index (Phi) is 6.01. The smallest absolute Gasteiger partial charge is 0.338 e. The summed E-state index contributed by atoms with van der Waals surface area (Å²) >= 11 is 0. The van der Waals surface area contributed by atoms with Gasteiger partial charge in [0, 0.05) is 11.8 Å². The molecule has 0 bridgehead atoms. The van der Waals surface area contributed by atoms with E-state index in [9.17, 15) is 23.3 Å². The third-order valence-corrected chi connectivity index (χ3v) is 4.75. The molecular formula is C17H18N2O7S. The van der Waals surface area contributed by atoms with Crippen LogP contribution in [0.1, 0.15) is 24.2 Å². The molecule has 2 rings (SSSR count). The molecule has 0 amide bonds. The van der Waals surface area contributed by atoms with E-state index in [4.69, 9.17) is 9.47 Å². The van der Waals surface area contributed by atoms with E-state index in [2.05, 4.69) is 4.72 Å². The number of nitro groups is 1. The average molecular weight is 394 g/mol. The number of anilines is 1. The molecule has 0 atom stereocenters. The summed E-state index contributed by atoms with van der Waals surface area (Å²) in [5.74, 6) is -0.572.